The van der Waals surface area contributed by atoms with E-state index in [0.29, 0.717) is 16.4 Å². The molecule has 1 aromatic carbocycles. The van der Waals surface area contributed by atoms with Crippen LogP contribution in [0.2, 0.25) is 5.02 Å². The van der Waals surface area contributed by atoms with E-state index in [4.69, 9.17) is 28.6 Å². The molecule has 1 heterocycles. The highest BCUT2D eigenvalue weighted by Crippen LogP contribution is 2.17. The molecule has 2 aromatic rings. The Kier molecular flexibility index (Phi) is 4.04. The molecule has 0 radical (unpaired) electrons. The van der Waals surface area contributed by atoms with Gasteiger partial charge in [-0.2, -0.15) is 5.10 Å². The molecule has 6 heteroatoms. The number of halogens is 1. The molecule has 4 nitrogen and oxygen atoms in total. The summed E-state index contributed by atoms with van der Waals surface area (Å²) in [6, 6.07) is 7.47. The number of nitrogens with one attached hydrogen (secondary N) is 1. The lowest BCUT2D eigenvalue weighted by atomic mass is 10.3. The highest BCUT2D eigenvalue weighted by molar-refractivity contribution is 7.71. The minimum Gasteiger partial charge on any atom is -0.486 e. The smallest absolute Gasteiger partial charge is 0.195 e. The van der Waals surface area contributed by atoms with Crippen molar-refractivity contribution in [1.82, 2.24) is 14.8 Å². The highest BCUT2D eigenvalue weighted by Gasteiger charge is 2.09. The molecule has 2 rings (SSSR count). The average molecular weight is 284 g/mol. The number of H-pyrrole nitrogens is 1. The molecule has 0 aliphatic carbocycles. The molecule has 0 aliphatic heterocycles. The molecule has 0 spiro atoms. The fraction of sp³-hybridized carbons (Fsp3) is 0.333. The standard InChI is InChI=1S/C12H14ClN3OS/c1-8(2)16-11(14-15-12(16)18)7-17-10-5-3-9(13)4-6-10/h3-6,8H,7H2,1-2H3,(H,15,18). The van der Waals surface area contributed by atoms with Gasteiger partial charge >= 0.3 is 0 Å². The van der Waals surface area contributed by atoms with Crippen LogP contribution in [0.5, 0.6) is 5.75 Å². The van der Waals surface area contributed by atoms with E-state index < -0.39 is 0 Å². The lowest BCUT2D eigenvalue weighted by Gasteiger charge is -2.11. The van der Waals surface area contributed by atoms with E-state index in [2.05, 4.69) is 24.0 Å². The van der Waals surface area contributed by atoms with Crippen LogP contribution < -0.4 is 4.74 Å². The van der Waals surface area contributed by atoms with Crippen LogP contribution in [0, 0.1) is 4.77 Å². The number of hydrogen-bond donors (Lipinski definition) is 1. The third kappa shape index (κ3) is 2.91. The lowest BCUT2D eigenvalue weighted by molar-refractivity contribution is 0.285. The second kappa shape index (κ2) is 5.54. The van der Waals surface area contributed by atoms with E-state index in [-0.39, 0.29) is 6.04 Å². The van der Waals surface area contributed by atoms with E-state index in [9.17, 15) is 0 Å². The average Bonchev–Trinajstić information content (AvgIpc) is 2.70. The van der Waals surface area contributed by atoms with Crippen LogP contribution in [-0.2, 0) is 6.61 Å². The molecule has 0 unspecified atom stereocenters. The van der Waals surface area contributed by atoms with E-state index >= 15 is 0 Å². The van der Waals surface area contributed by atoms with Crippen LogP contribution in [0.3, 0.4) is 0 Å². The summed E-state index contributed by atoms with van der Waals surface area (Å²) >= 11 is 11.0. The van der Waals surface area contributed by atoms with Crippen molar-refractivity contribution in [1.29, 1.82) is 0 Å². The molecule has 0 fully saturated rings. The van der Waals surface area contributed by atoms with Crippen LogP contribution in [0.15, 0.2) is 24.3 Å². The second-order valence-electron chi connectivity index (χ2n) is 4.15. The van der Waals surface area contributed by atoms with Gasteiger partial charge in [0, 0.05) is 11.1 Å². The van der Waals surface area contributed by atoms with Gasteiger partial charge in [0.15, 0.2) is 10.6 Å². The normalized spacial score (nSPS) is 10.9. The predicted molar refractivity (Wildman–Crippen MR) is 73.6 cm³/mol. The molecule has 18 heavy (non-hydrogen) atoms. The summed E-state index contributed by atoms with van der Waals surface area (Å²) in [5.74, 6) is 1.54. The number of ether oxygens (including phenoxy) is 1. The lowest BCUT2D eigenvalue weighted by Crippen LogP contribution is -2.09. The summed E-state index contributed by atoms with van der Waals surface area (Å²) in [4.78, 5) is 0. The first-order chi connectivity index (χ1) is 8.58. The van der Waals surface area contributed by atoms with Gasteiger partial charge in [-0.3, -0.25) is 9.67 Å². The van der Waals surface area contributed by atoms with Crippen molar-refractivity contribution in [2.45, 2.75) is 26.5 Å². The number of aromatic amines is 1. The molecule has 0 aliphatic rings. The topological polar surface area (TPSA) is 42.8 Å². The van der Waals surface area contributed by atoms with Crippen LogP contribution in [0.1, 0.15) is 25.7 Å². The molecule has 0 atom stereocenters. The van der Waals surface area contributed by atoms with E-state index in [1.165, 1.54) is 0 Å². The molecule has 1 aromatic heterocycles. The van der Waals surface area contributed by atoms with Crippen molar-refractivity contribution in [3.8, 4) is 5.75 Å². The Morgan fingerprint density at radius 3 is 2.67 bits per heavy atom. The summed E-state index contributed by atoms with van der Waals surface area (Å²) in [6.45, 7) is 4.47. The number of benzene rings is 1. The van der Waals surface area contributed by atoms with E-state index in [1.54, 1.807) is 12.1 Å². The van der Waals surface area contributed by atoms with Crippen molar-refractivity contribution in [3.05, 3.63) is 39.9 Å². The SMILES string of the molecule is CC(C)n1c(COc2ccc(Cl)cc2)n[nH]c1=S. The highest BCUT2D eigenvalue weighted by atomic mass is 35.5. The third-order valence-electron chi connectivity index (χ3n) is 2.48. The van der Waals surface area contributed by atoms with E-state index in [1.807, 2.05) is 16.7 Å². The van der Waals surface area contributed by atoms with Gasteiger partial charge < -0.3 is 4.74 Å². The Morgan fingerprint density at radius 2 is 2.06 bits per heavy atom. The largest absolute Gasteiger partial charge is 0.486 e. The summed E-state index contributed by atoms with van der Waals surface area (Å²) in [5.41, 5.74) is 0. The second-order valence-corrected chi connectivity index (χ2v) is 4.97. The quantitative estimate of drug-likeness (QED) is 0.869. The van der Waals surface area contributed by atoms with Gasteiger partial charge in [-0.1, -0.05) is 11.6 Å². The van der Waals surface area contributed by atoms with Crippen LogP contribution in [0.4, 0.5) is 0 Å². The number of aromatic nitrogens is 3. The number of rotatable bonds is 4. The Hall–Kier alpha value is -1.33. The minimum absolute atomic E-state index is 0.250. The number of hydrogen-bond acceptors (Lipinski definition) is 3. The Labute approximate surface area is 116 Å². The molecule has 1 N–H and O–H groups in total. The molecule has 0 saturated heterocycles. The number of nitrogens with zero attached hydrogens (tertiary/aromatic N) is 2. The Balaban J connectivity index is 2.11. The zero-order chi connectivity index (χ0) is 13.1. The third-order valence-corrected chi connectivity index (χ3v) is 3.02. The Bertz CT molecular complexity index is 574. The van der Waals surface area contributed by atoms with Gasteiger partial charge in [0.05, 0.1) is 0 Å². The molecule has 0 bridgehead atoms. The van der Waals surface area contributed by atoms with Crippen molar-refractivity contribution in [2.75, 3.05) is 0 Å². The van der Waals surface area contributed by atoms with Crippen molar-refractivity contribution in [3.63, 3.8) is 0 Å². The van der Waals surface area contributed by atoms with Crippen molar-refractivity contribution >= 4 is 23.8 Å². The van der Waals surface area contributed by atoms with Gasteiger partial charge in [0.2, 0.25) is 0 Å². The summed E-state index contributed by atoms with van der Waals surface area (Å²) in [6.07, 6.45) is 0. The van der Waals surface area contributed by atoms with Crippen molar-refractivity contribution < 1.29 is 4.74 Å². The Morgan fingerprint density at radius 1 is 1.39 bits per heavy atom. The zero-order valence-corrected chi connectivity index (χ0v) is 11.8. The van der Waals surface area contributed by atoms with Crippen molar-refractivity contribution in [2.24, 2.45) is 0 Å². The molecule has 0 amide bonds. The first-order valence-electron chi connectivity index (χ1n) is 5.62. The van der Waals surface area contributed by atoms with Gasteiger partial charge in [-0.05, 0) is 50.3 Å². The molecular formula is C12H14ClN3OS. The summed E-state index contributed by atoms with van der Waals surface area (Å²) in [7, 11) is 0. The van der Waals surface area contributed by atoms with Gasteiger partial charge in [0.1, 0.15) is 12.4 Å². The minimum atomic E-state index is 0.250. The molecule has 96 valence electrons. The molecule has 0 saturated carbocycles. The first kappa shape index (κ1) is 13.1. The molecular weight excluding hydrogens is 270 g/mol. The zero-order valence-electron chi connectivity index (χ0n) is 10.2. The fourth-order valence-corrected chi connectivity index (χ4v) is 2.14. The maximum absolute atomic E-state index is 5.81. The maximum Gasteiger partial charge on any atom is 0.195 e. The van der Waals surface area contributed by atoms with Gasteiger partial charge in [-0.25, -0.2) is 0 Å². The first-order valence-corrected chi connectivity index (χ1v) is 6.40. The van der Waals surface area contributed by atoms with Gasteiger partial charge in [0.25, 0.3) is 0 Å². The van der Waals surface area contributed by atoms with Crippen LogP contribution in [0.25, 0.3) is 0 Å². The van der Waals surface area contributed by atoms with Crippen LogP contribution >= 0.6 is 23.8 Å². The van der Waals surface area contributed by atoms with E-state index in [0.717, 1.165) is 11.6 Å². The van der Waals surface area contributed by atoms with Gasteiger partial charge in [-0.15, -0.1) is 0 Å². The monoisotopic (exact) mass is 283 g/mol. The summed E-state index contributed by atoms with van der Waals surface area (Å²) < 4.78 is 8.19. The maximum atomic E-state index is 5.81. The predicted octanol–water partition coefficient (Wildman–Crippen LogP) is 3.75. The van der Waals surface area contributed by atoms with Crippen LogP contribution in [-0.4, -0.2) is 14.8 Å². The summed E-state index contributed by atoms with van der Waals surface area (Å²) in [5, 5.41) is 7.63. The fourth-order valence-electron chi connectivity index (χ4n) is 1.65.